The zero-order valence-corrected chi connectivity index (χ0v) is 10.1. The number of anilines is 1. The van der Waals surface area contributed by atoms with E-state index in [-0.39, 0.29) is 5.69 Å². The van der Waals surface area contributed by atoms with E-state index in [0.717, 1.165) is 12.8 Å². The molecule has 1 heterocycles. The van der Waals surface area contributed by atoms with Gasteiger partial charge in [0.15, 0.2) is 5.69 Å². The minimum absolute atomic E-state index is 0.0769. The highest BCUT2D eigenvalue weighted by Crippen LogP contribution is 2.38. The van der Waals surface area contributed by atoms with Crippen molar-refractivity contribution in [1.29, 1.82) is 0 Å². The third kappa shape index (κ3) is 2.54. The standard InChI is InChI=1S/C12H17N3O2/c1-6(2)5-8-9(12(16)17)14-11(7-3-4-7)15-10(8)13/h6-7H,3-5H2,1-2H3,(H,16,17)(H2,13,14,15). The van der Waals surface area contributed by atoms with Crippen LogP contribution in [0.3, 0.4) is 0 Å². The molecule has 0 unspecified atom stereocenters. The number of aromatic nitrogens is 2. The van der Waals surface area contributed by atoms with Crippen molar-refractivity contribution in [3.8, 4) is 0 Å². The summed E-state index contributed by atoms with van der Waals surface area (Å²) in [4.78, 5) is 19.6. The van der Waals surface area contributed by atoms with Gasteiger partial charge in [-0.25, -0.2) is 14.8 Å². The average molecular weight is 235 g/mol. The van der Waals surface area contributed by atoms with Crippen molar-refractivity contribution in [2.75, 3.05) is 5.73 Å². The Morgan fingerprint density at radius 3 is 2.59 bits per heavy atom. The van der Waals surface area contributed by atoms with E-state index in [2.05, 4.69) is 9.97 Å². The molecular weight excluding hydrogens is 218 g/mol. The molecule has 1 saturated carbocycles. The van der Waals surface area contributed by atoms with E-state index in [1.807, 2.05) is 13.8 Å². The summed E-state index contributed by atoms with van der Waals surface area (Å²) in [6.07, 6.45) is 2.66. The monoisotopic (exact) mass is 235 g/mol. The molecule has 0 aliphatic heterocycles. The fourth-order valence-electron chi connectivity index (χ4n) is 1.83. The molecule has 92 valence electrons. The van der Waals surface area contributed by atoms with Crippen LogP contribution >= 0.6 is 0 Å². The number of carboxylic acids is 1. The van der Waals surface area contributed by atoms with Crippen LogP contribution in [-0.2, 0) is 6.42 Å². The molecule has 5 nitrogen and oxygen atoms in total. The lowest BCUT2D eigenvalue weighted by Gasteiger charge is -2.12. The van der Waals surface area contributed by atoms with Gasteiger partial charge in [-0.05, 0) is 25.2 Å². The van der Waals surface area contributed by atoms with Gasteiger partial charge < -0.3 is 10.8 Å². The molecule has 0 saturated heterocycles. The van der Waals surface area contributed by atoms with Gasteiger partial charge in [0.05, 0.1) is 0 Å². The van der Waals surface area contributed by atoms with Gasteiger partial charge >= 0.3 is 5.97 Å². The second-order valence-electron chi connectivity index (χ2n) is 4.97. The summed E-state index contributed by atoms with van der Waals surface area (Å²) in [5.41, 5.74) is 6.50. The highest BCUT2D eigenvalue weighted by molar-refractivity contribution is 5.88. The van der Waals surface area contributed by atoms with E-state index in [1.54, 1.807) is 0 Å². The van der Waals surface area contributed by atoms with Gasteiger partial charge in [0, 0.05) is 11.5 Å². The molecule has 0 amide bonds. The first-order chi connectivity index (χ1) is 7.99. The summed E-state index contributed by atoms with van der Waals surface area (Å²) in [6.45, 7) is 4.03. The van der Waals surface area contributed by atoms with Gasteiger partial charge in [-0.2, -0.15) is 0 Å². The van der Waals surface area contributed by atoms with Crippen molar-refractivity contribution < 1.29 is 9.90 Å². The first kappa shape index (κ1) is 11.8. The molecule has 0 atom stereocenters. The lowest BCUT2D eigenvalue weighted by molar-refractivity contribution is 0.0688. The average Bonchev–Trinajstić information content (AvgIpc) is 3.03. The number of nitrogens with two attached hydrogens (primary N) is 1. The molecule has 5 heteroatoms. The van der Waals surface area contributed by atoms with Crippen LogP contribution in [0.1, 0.15) is 54.5 Å². The maximum atomic E-state index is 11.2. The number of nitrogens with zero attached hydrogens (tertiary/aromatic N) is 2. The van der Waals surface area contributed by atoms with Gasteiger partial charge in [0.1, 0.15) is 11.6 Å². The molecule has 1 fully saturated rings. The first-order valence-electron chi connectivity index (χ1n) is 5.88. The van der Waals surface area contributed by atoms with Crippen LogP contribution in [0, 0.1) is 5.92 Å². The molecule has 1 aliphatic carbocycles. The largest absolute Gasteiger partial charge is 0.476 e. The van der Waals surface area contributed by atoms with Crippen molar-refractivity contribution in [3.63, 3.8) is 0 Å². The minimum atomic E-state index is -1.02. The maximum Gasteiger partial charge on any atom is 0.354 e. The van der Waals surface area contributed by atoms with E-state index in [4.69, 9.17) is 5.73 Å². The van der Waals surface area contributed by atoms with Crippen molar-refractivity contribution in [1.82, 2.24) is 9.97 Å². The second-order valence-corrected chi connectivity index (χ2v) is 4.97. The minimum Gasteiger partial charge on any atom is -0.476 e. The molecule has 2 rings (SSSR count). The normalized spacial score (nSPS) is 15.2. The molecule has 3 N–H and O–H groups in total. The number of rotatable bonds is 4. The van der Waals surface area contributed by atoms with E-state index in [0.29, 0.717) is 35.5 Å². The van der Waals surface area contributed by atoms with E-state index in [9.17, 15) is 9.90 Å². The number of nitrogen functional groups attached to an aromatic ring is 1. The third-order valence-corrected chi connectivity index (χ3v) is 2.81. The molecule has 0 bridgehead atoms. The Bertz CT molecular complexity index is 453. The van der Waals surface area contributed by atoms with E-state index < -0.39 is 5.97 Å². The smallest absolute Gasteiger partial charge is 0.354 e. The molecule has 0 radical (unpaired) electrons. The number of hydrogen-bond acceptors (Lipinski definition) is 4. The van der Waals surface area contributed by atoms with E-state index in [1.165, 1.54) is 0 Å². The Morgan fingerprint density at radius 2 is 2.12 bits per heavy atom. The Morgan fingerprint density at radius 1 is 1.47 bits per heavy atom. The Labute approximate surface area is 100 Å². The van der Waals surface area contributed by atoms with Crippen LogP contribution < -0.4 is 5.73 Å². The Balaban J connectivity index is 2.45. The van der Waals surface area contributed by atoms with Gasteiger partial charge in [-0.1, -0.05) is 13.8 Å². The van der Waals surface area contributed by atoms with Crippen molar-refractivity contribution >= 4 is 11.8 Å². The number of hydrogen-bond donors (Lipinski definition) is 2. The predicted octanol–water partition coefficient (Wildman–Crippen LogP) is 1.83. The zero-order valence-electron chi connectivity index (χ0n) is 10.1. The summed E-state index contributed by atoms with van der Waals surface area (Å²) < 4.78 is 0. The summed E-state index contributed by atoms with van der Waals surface area (Å²) in [7, 11) is 0. The van der Waals surface area contributed by atoms with Gasteiger partial charge in [0.2, 0.25) is 0 Å². The molecule has 0 aromatic carbocycles. The zero-order chi connectivity index (χ0) is 12.6. The number of aromatic carboxylic acids is 1. The summed E-state index contributed by atoms with van der Waals surface area (Å²) >= 11 is 0. The lowest BCUT2D eigenvalue weighted by Crippen LogP contribution is -2.15. The molecule has 1 aromatic rings. The second kappa shape index (κ2) is 4.31. The Hall–Kier alpha value is -1.65. The van der Waals surface area contributed by atoms with Crippen LogP contribution in [0.2, 0.25) is 0 Å². The molecular formula is C12H17N3O2. The van der Waals surface area contributed by atoms with Crippen molar-refractivity contribution in [2.45, 2.75) is 39.0 Å². The van der Waals surface area contributed by atoms with E-state index >= 15 is 0 Å². The Kier molecular flexibility index (Phi) is 3.00. The lowest BCUT2D eigenvalue weighted by atomic mass is 10.0. The molecule has 1 aliphatic rings. The van der Waals surface area contributed by atoms with Crippen LogP contribution in [0.25, 0.3) is 0 Å². The highest BCUT2D eigenvalue weighted by atomic mass is 16.4. The molecule has 17 heavy (non-hydrogen) atoms. The van der Waals surface area contributed by atoms with Gasteiger partial charge in [-0.3, -0.25) is 0 Å². The van der Waals surface area contributed by atoms with Gasteiger partial charge in [0.25, 0.3) is 0 Å². The van der Waals surface area contributed by atoms with Crippen LogP contribution in [0.5, 0.6) is 0 Å². The molecule has 1 aromatic heterocycles. The maximum absolute atomic E-state index is 11.2. The SMILES string of the molecule is CC(C)Cc1c(N)nc(C2CC2)nc1C(=O)O. The quantitative estimate of drug-likeness (QED) is 0.831. The van der Waals surface area contributed by atoms with Crippen molar-refractivity contribution in [3.05, 3.63) is 17.1 Å². The number of carbonyl (C=O) groups is 1. The summed E-state index contributed by atoms with van der Waals surface area (Å²) in [5, 5.41) is 9.18. The fourth-order valence-corrected chi connectivity index (χ4v) is 1.83. The topological polar surface area (TPSA) is 89.1 Å². The first-order valence-corrected chi connectivity index (χ1v) is 5.88. The molecule has 0 spiro atoms. The summed E-state index contributed by atoms with van der Waals surface area (Å²) in [6, 6.07) is 0. The number of carboxylic acid groups (broad SMARTS) is 1. The van der Waals surface area contributed by atoms with Crippen LogP contribution in [0.15, 0.2) is 0 Å². The fraction of sp³-hybridized carbons (Fsp3) is 0.583. The van der Waals surface area contributed by atoms with Gasteiger partial charge in [-0.15, -0.1) is 0 Å². The third-order valence-electron chi connectivity index (χ3n) is 2.81. The van der Waals surface area contributed by atoms with Crippen LogP contribution in [0.4, 0.5) is 5.82 Å². The predicted molar refractivity (Wildman–Crippen MR) is 63.9 cm³/mol. The summed E-state index contributed by atoms with van der Waals surface area (Å²) in [5.74, 6) is 0.534. The highest BCUT2D eigenvalue weighted by Gasteiger charge is 2.29. The van der Waals surface area contributed by atoms with Crippen molar-refractivity contribution in [2.24, 2.45) is 5.92 Å². The van der Waals surface area contributed by atoms with Crippen LogP contribution in [-0.4, -0.2) is 21.0 Å².